The van der Waals surface area contributed by atoms with Crippen LogP contribution in [-0.2, 0) is 11.0 Å². The molecule has 1 saturated carbocycles. The predicted molar refractivity (Wildman–Crippen MR) is 55.9 cm³/mol. The maximum Gasteiger partial charge on any atom is 0.506 e. The van der Waals surface area contributed by atoms with Crippen LogP contribution in [0.2, 0.25) is 0 Å². The van der Waals surface area contributed by atoms with Crippen LogP contribution in [0.1, 0.15) is 41.2 Å². The highest BCUT2D eigenvalue weighted by atomic mass is 19.4. The number of nitrogen functional groups attached to an aromatic ring is 1. The van der Waals surface area contributed by atoms with Gasteiger partial charge in [-0.05, 0) is 18.8 Å². The molecule has 1 aromatic rings. The molecule has 1 fully saturated rings. The summed E-state index contributed by atoms with van der Waals surface area (Å²) in [6, 6.07) is 0. The maximum atomic E-state index is 12.7. The van der Waals surface area contributed by atoms with Crippen molar-refractivity contribution in [2.75, 3.05) is 12.8 Å². The Morgan fingerprint density at radius 3 is 2.50 bits per heavy atom. The van der Waals surface area contributed by atoms with Crippen LogP contribution in [0.4, 0.5) is 19.0 Å². The van der Waals surface area contributed by atoms with E-state index in [4.69, 9.17) is 5.73 Å². The molecule has 2 N–H and O–H groups in total. The summed E-state index contributed by atoms with van der Waals surface area (Å²) in [5.41, 5.74) is 5.29. The topological polar surface area (TPSA) is 70.1 Å². The number of esters is 1. The van der Waals surface area contributed by atoms with Gasteiger partial charge in [-0.25, -0.2) is 4.79 Å². The van der Waals surface area contributed by atoms with Gasteiger partial charge in [0.1, 0.15) is 5.82 Å². The summed E-state index contributed by atoms with van der Waals surface area (Å²) in [5.74, 6) is -1.56. The van der Waals surface area contributed by atoms with Crippen molar-refractivity contribution in [2.24, 2.45) is 0 Å². The van der Waals surface area contributed by atoms with E-state index >= 15 is 0 Å². The number of carbonyl (C=O) groups is 1. The van der Waals surface area contributed by atoms with Gasteiger partial charge in [-0.3, -0.25) is 0 Å². The number of hydrogen-bond acceptors (Lipinski definition) is 4. The number of nitrogens with zero attached hydrogens (tertiary/aromatic N) is 2. The van der Waals surface area contributed by atoms with Crippen molar-refractivity contribution in [2.45, 2.75) is 31.5 Å². The molecule has 0 saturated heterocycles. The molecule has 5 nitrogen and oxygen atoms in total. The molecule has 100 valence electrons. The number of hydrogen-bond donors (Lipinski definition) is 1. The lowest BCUT2D eigenvalue weighted by Gasteiger charge is -2.25. The zero-order valence-electron chi connectivity index (χ0n) is 9.62. The first kappa shape index (κ1) is 12.7. The fourth-order valence-electron chi connectivity index (χ4n) is 1.98. The Labute approximate surface area is 101 Å². The number of anilines is 1. The third-order valence-corrected chi connectivity index (χ3v) is 3.09. The van der Waals surface area contributed by atoms with Crippen molar-refractivity contribution in [3.63, 3.8) is 0 Å². The van der Waals surface area contributed by atoms with Gasteiger partial charge in [-0.15, -0.1) is 13.2 Å². The van der Waals surface area contributed by atoms with E-state index in [2.05, 4.69) is 9.84 Å². The Morgan fingerprint density at radius 1 is 1.50 bits per heavy atom. The smallest absolute Gasteiger partial charge is 0.464 e. The monoisotopic (exact) mass is 263 g/mol. The van der Waals surface area contributed by atoms with Crippen LogP contribution in [0.15, 0.2) is 0 Å². The minimum absolute atomic E-state index is 0.143. The zero-order chi connectivity index (χ0) is 13.5. The Balaban J connectivity index is 2.53. The second kappa shape index (κ2) is 4.18. The molecule has 0 aromatic carbocycles. The number of alkyl halides is 3. The van der Waals surface area contributed by atoms with Crippen molar-refractivity contribution in [1.29, 1.82) is 0 Å². The van der Waals surface area contributed by atoms with Crippen LogP contribution in [0.3, 0.4) is 0 Å². The highest BCUT2D eigenvalue weighted by Crippen LogP contribution is 2.42. The van der Waals surface area contributed by atoms with Crippen LogP contribution >= 0.6 is 0 Å². The predicted octanol–water partition coefficient (Wildman–Crippen LogP) is 2.00. The normalized spacial score (nSPS) is 16.4. The van der Waals surface area contributed by atoms with Crippen LogP contribution in [-0.4, -0.2) is 22.9 Å². The standard InChI is InChI=1S/C10H12F3N3O2/c1-18-9(17)7-6(5-3-2-4-5)8(14)16(15-7)10(11,12)13/h5H,2-4,14H2,1H3. The minimum Gasteiger partial charge on any atom is -0.464 e. The summed E-state index contributed by atoms with van der Waals surface area (Å²) in [7, 11) is 1.09. The summed E-state index contributed by atoms with van der Waals surface area (Å²) < 4.78 is 42.2. The van der Waals surface area contributed by atoms with Gasteiger partial charge in [0.05, 0.1) is 7.11 Å². The third kappa shape index (κ3) is 1.91. The lowest BCUT2D eigenvalue weighted by molar-refractivity contribution is -0.210. The van der Waals surface area contributed by atoms with Crippen LogP contribution in [0, 0.1) is 0 Å². The summed E-state index contributed by atoms with van der Waals surface area (Å²) in [6.07, 6.45) is -2.42. The van der Waals surface area contributed by atoms with E-state index in [0.29, 0.717) is 12.8 Å². The molecule has 8 heteroatoms. The molecule has 0 amide bonds. The highest BCUT2D eigenvalue weighted by molar-refractivity contribution is 5.90. The Morgan fingerprint density at radius 2 is 2.11 bits per heavy atom. The summed E-state index contributed by atoms with van der Waals surface area (Å²) in [6.45, 7) is 0. The number of nitrogens with two attached hydrogens (primary N) is 1. The van der Waals surface area contributed by atoms with Gasteiger partial charge < -0.3 is 10.5 Å². The molecule has 1 aliphatic rings. The third-order valence-electron chi connectivity index (χ3n) is 3.09. The van der Waals surface area contributed by atoms with Gasteiger partial charge in [-0.1, -0.05) is 6.42 Å². The van der Waals surface area contributed by atoms with Crippen molar-refractivity contribution in [3.8, 4) is 0 Å². The second-order valence-corrected chi connectivity index (χ2v) is 4.15. The molecule has 0 bridgehead atoms. The lowest BCUT2D eigenvalue weighted by atomic mass is 9.79. The maximum absolute atomic E-state index is 12.7. The Bertz CT molecular complexity index is 477. The first-order chi connectivity index (χ1) is 8.36. The van der Waals surface area contributed by atoms with Crippen molar-refractivity contribution in [3.05, 3.63) is 11.3 Å². The quantitative estimate of drug-likeness (QED) is 0.828. The van der Waals surface area contributed by atoms with E-state index in [1.807, 2.05) is 0 Å². The molecule has 18 heavy (non-hydrogen) atoms. The number of halogens is 3. The molecule has 1 aromatic heterocycles. The largest absolute Gasteiger partial charge is 0.506 e. The number of methoxy groups -OCH3 is 1. The summed E-state index contributed by atoms with van der Waals surface area (Å²) in [5, 5.41) is 3.25. The van der Waals surface area contributed by atoms with Crippen LogP contribution in [0.25, 0.3) is 0 Å². The summed E-state index contributed by atoms with van der Waals surface area (Å²) >= 11 is 0. The number of ether oxygens (including phenoxy) is 1. The number of rotatable bonds is 2. The average Bonchev–Trinajstić information content (AvgIpc) is 2.53. The Kier molecular flexibility index (Phi) is 2.95. The van der Waals surface area contributed by atoms with Gasteiger partial charge in [0.2, 0.25) is 0 Å². The first-order valence-corrected chi connectivity index (χ1v) is 5.40. The molecule has 1 heterocycles. The molecule has 1 aliphatic carbocycles. The molecule has 0 atom stereocenters. The number of carbonyl (C=O) groups excluding carboxylic acids is 1. The van der Waals surface area contributed by atoms with Gasteiger partial charge >= 0.3 is 12.3 Å². The zero-order valence-corrected chi connectivity index (χ0v) is 9.62. The van der Waals surface area contributed by atoms with Crippen molar-refractivity contribution < 1.29 is 22.7 Å². The van der Waals surface area contributed by atoms with Gasteiger partial charge in [0, 0.05) is 5.56 Å². The molecular weight excluding hydrogens is 251 g/mol. The minimum atomic E-state index is -4.74. The van der Waals surface area contributed by atoms with Gasteiger partial charge in [0.25, 0.3) is 0 Å². The molecule has 0 aliphatic heterocycles. The second-order valence-electron chi connectivity index (χ2n) is 4.15. The lowest BCUT2D eigenvalue weighted by Crippen LogP contribution is -2.21. The first-order valence-electron chi connectivity index (χ1n) is 5.40. The van der Waals surface area contributed by atoms with E-state index in [-0.39, 0.29) is 21.9 Å². The molecule has 2 rings (SSSR count). The van der Waals surface area contributed by atoms with Crippen LogP contribution in [0.5, 0.6) is 0 Å². The molecule has 0 unspecified atom stereocenters. The Hall–Kier alpha value is -1.73. The van der Waals surface area contributed by atoms with Crippen molar-refractivity contribution in [1.82, 2.24) is 9.78 Å². The van der Waals surface area contributed by atoms with Gasteiger partial charge in [0.15, 0.2) is 5.69 Å². The van der Waals surface area contributed by atoms with E-state index < -0.39 is 18.1 Å². The molecular formula is C10H12F3N3O2. The van der Waals surface area contributed by atoms with E-state index in [0.717, 1.165) is 13.5 Å². The molecule has 0 radical (unpaired) electrons. The SMILES string of the molecule is COC(=O)c1nn(C(F)(F)F)c(N)c1C1CCC1. The van der Waals surface area contributed by atoms with E-state index in [9.17, 15) is 18.0 Å². The van der Waals surface area contributed by atoms with Crippen molar-refractivity contribution >= 4 is 11.8 Å². The fourth-order valence-corrected chi connectivity index (χ4v) is 1.98. The molecule has 0 spiro atoms. The van der Waals surface area contributed by atoms with Crippen LogP contribution < -0.4 is 5.73 Å². The number of aromatic nitrogens is 2. The van der Waals surface area contributed by atoms with E-state index in [1.54, 1.807) is 0 Å². The van der Waals surface area contributed by atoms with E-state index in [1.165, 1.54) is 0 Å². The average molecular weight is 263 g/mol. The highest BCUT2D eigenvalue weighted by Gasteiger charge is 2.40. The fraction of sp³-hybridized carbons (Fsp3) is 0.600. The summed E-state index contributed by atoms with van der Waals surface area (Å²) in [4.78, 5) is 11.5. The van der Waals surface area contributed by atoms with Gasteiger partial charge in [-0.2, -0.15) is 9.78 Å².